The topological polar surface area (TPSA) is 66.0 Å². The van der Waals surface area contributed by atoms with Gasteiger partial charge >= 0.3 is 0 Å². The summed E-state index contributed by atoms with van der Waals surface area (Å²) in [6, 6.07) is 0.437. The van der Waals surface area contributed by atoms with Gasteiger partial charge in [0.2, 0.25) is 5.91 Å². The first-order valence-electron chi connectivity index (χ1n) is 9.71. The maximum Gasteiger partial charge on any atom is 0.240 e. The highest BCUT2D eigenvalue weighted by Gasteiger charge is 2.66. The Balaban J connectivity index is 0.00000243. The molecule has 2 N–H and O–H groups in total. The third-order valence-corrected chi connectivity index (χ3v) is 5.89. The lowest BCUT2D eigenvalue weighted by Gasteiger charge is -2.63. The number of carbonyl (C=O) groups excluding carboxylic acids is 1. The van der Waals surface area contributed by atoms with Crippen LogP contribution in [0.5, 0.6) is 0 Å². The highest BCUT2D eigenvalue weighted by Crippen LogP contribution is 2.62. The van der Waals surface area contributed by atoms with E-state index in [4.69, 9.17) is 4.74 Å². The summed E-state index contributed by atoms with van der Waals surface area (Å²) in [6.45, 7) is 9.94. The highest BCUT2D eigenvalue weighted by atomic mass is 127. The summed E-state index contributed by atoms with van der Waals surface area (Å²) < 4.78 is 6.00. The second-order valence-corrected chi connectivity index (χ2v) is 8.90. The van der Waals surface area contributed by atoms with E-state index < -0.39 is 0 Å². The van der Waals surface area contributed by atoms with Crippen molar-refractivity contribution in [3.8, 4) is 0 Å². The Labute approximate surface area is 174 Å². The van der Waals surface area contributed by atoms with Gasteiger partial charge in [0.1, 0.15) is 0 Å². The maximum absolute atomic E-state index is 12.3. The number of amides is 1. The number of fused-ring (bicyclic) bond motifs is 2. The Morgan fingerprint density at radius 1 is 1.35 bits per heavy atom. The molecule has 1 saturated heterocycles. The fourth-order valence-corrected chi connectivity index (χ4v) is 4.77. The lowest BCUT2D eigenvalue weighted by atomic mass is 9.46. The molecule has 0 aromatic heterocycles. The first-order chi connectivity index (χ1) is 11.8. The van der Waals surface area contributed by atoms with Crippen LogP contribution in [-0.2, 0) is 9.53 Å². The minimum atomic E-state index is -0.216. The van der Waals surface area contributed by atoms with Crippen LogP contribution in [0, 0.1) is 11.3 Å². The lowest BCUT2D eigenvalue weighted by Crippen LogP contribution is -2.72. The number of guanidine groups is 1. The summed E-state index contributed by atoms with van der Waals surface area (Å²) in [4.78, 5) is 18.9. The molecule has 3 aliphatic rings. The minimum absolute atomic E-state index is 0. The molecule has 3 fully saturated rings. The number of likely N-dealkylation sites (N-methyl/N-ethyl adjacent to an activating group) is 1. The first kappa shape index (κ1) is 21.7. The van der Waals surface area contributed by atoms with Crippen LogP contribution in [0.3, 0.4) is 0 Å². The summed E-state index contributed by atoms with van der Waals surface area (Å²) in [5, 5.41) is 6.72. The average Bonchev–Trinajstić information content (AvgIpc) is 2.84. The van der Waals surface area contributed by atoms with Crippen LogP contribution < -0.4 is 10.6 Å². The number of rotatable bonds is 4. The second kappa shape index (κ2) is 8.20. The van der Waals surface area contributed by atoms with Crippen LogP contribution in [0.25, 0.3) is 0 Å². The molecule has 3 rings (SSSR count). The Bertz CT molecular complexity index is 542. The number of carbonyl (C=O) groups is 1. The van der Waals surface area contributed by atoms with E-state index in [1.165, 1.54) is 19.3 Å². The molecule has 26 heavy (non-hydrogen) atoms. The van der Waals surface area contributed by atoms with Gasteiger partial charge in [0.05, 0.1) is 12.6 Å². The monoisotopic (exact) mass is 478 g/mol. The van der Waals surface area contributed by atoms with Gasteiger partial charge in [0.15, 0.2) is 5.96 Å². The van der Waals surface area contributed by atoms with Gasteiger partial charge in [-0.2, -0.15) is 0 Å². The van der Waals surface area contributed by atoms with E-state index in [-0.39, 0.29) is 35.4 Å². The Morgan fingerprint density at radius 2 is 2.04 bits per heavy atom. The van der Waals surface area contributed by atoms with Gasteiger partial charge in [-0.15, -0.1) is 24.0 Å². The van der Waals surface area contributed by atoms with Crippen molar-refractivity contribution in [2.45, 2.75) is 71.1 Å². The number of nitrogens with zero attached hydrogens (tertiary/aromatic N) is 2. The van der Waals surface area contributed by atoms with E-state index in [9.17, 15) is 4.79 Å². The predicted octanol–water partition coefficient (Wildman–Crippen LogP) is 2.37. The van der Waals surface area contributed by atoms with Crippen LogP contribution in [0.4, 0.5) is 0 Å². The predicted molar refractivity (Wildman–Crippen MR) is 115 cm³/mol. The quantitative estimate of drug-likeness (QED) is 0.370. The zero-order chi connectivity index (χ0) is 18.2. The summed E-state index contributed by atoms with van der Waals surface area (Å²) in [5.41, 5.74) is 0.0932. The van der Waals surface area contributed by atoms with Crippen LogP contribution >= 0.6 is 24.0 Å². The number of ether oxygens (including phenoxy) is 1. The molecule has 2 aliphatic carbocycles. The van der Waals surface area contributed by atoms with Crippen molar-refractivity contribution in [3.05, 3.63) is 0 Å². The van der Waals surface area contributed by atoms with E-state index in [1.807, 2.05) is 39.6 Å². The lowest BCUT2D eigenvalue weighted by molar-refractivity contribution is -0.171. The molecule has 3 atom stereocenters. The molecule has 0 aromatic carbocycles. The second-order valence-electron chi connectivity index (χ2n) is 8.90. The minimum Gasteiger partial charge on any atom is -0.377 e. The number of aliphatic imine (C=N–C) groups is 1. The van der Waals surface area contributed by atoms with Gasteiger partial charge in [-0.1, -0.05) is 6.42 Å². The Morgan fingerprint density at radius 3 is 2.58 bits per heavy atom. The zero-order valence-electron chi connectivity index (χ0n) is 16.8. The smallest absolute Gasteiger partial charge is 0.240 e. The molecule has 2 saturated carbocycles. The van der Waals surface area contributed by atoms with Gasteiger partial charge in [-0.05, 0) is 47.0 Å². The van der Waals surface area contributed by atoms with Crippen LogP contribution in [0.2, 0.25) is 0 Å². The van der Waals surface area contributed by atoms with E-state index in [0.29, 0.717) is 36.6 Å². The largest absolute Gasteiger partial charge is 0.377 e. The van der Waals surface area contributed by atoms with Crippen molar-refractivity contribution in [1.82, 2.24) is 15.5 Å². The van der Waals surface area contributed by atoms with Crippen molar-refractivity contribution < 1.29 is 9.53 Å². The summed E-state index contributed by atoms with van der Waals surface area (Å²) >= 11 is 0. The zero-order valence-corrected chi connectivity index (χ0v) is 19.1. The third-order valence-electron chi connectivity index (χ3n) is 5.89. The van der Waals surface area contributed by atoms with Gasteiger partial charge in [-0.25, -0.2) is 0 Å². The molecule has 3 unspecified atom stereocenters. The van der Waals surface area contributed by atoms with Gasteiger partial charge in [-0.3, -0.25) is 9.79 Å². The molecule has 0 bridgehead atoms. The number of nitrogens with one attached hydrogen (secondary N) is 2. The van der Waals surface area contributed by atoms with Crippen molar-refractivity contribution in [2.75, 3.05) is 26.7 Å². The van der Waals surface area contributed by atoms with E-state index in [2.05, 4.69) is 15.6 Å². The first-order valence-corrected chi connectivity index (χ1v) is 9.71. The summed E-state index contributed by atoms with van der Waals surface area (Å²) in [5.74, 6) is 1.46. The van der Waals surface area contributed by atoms with Gasteiger partial charge < -0.3 is 20.3 Å². The summed E-state index contributed by atoms with van der Waals surface area (Å²) in [7, 11) is 1.94. The fourth-order valence-electron chi connectivity index (χ4n) is 4.77. The number of hydrogen-bond donors (Lipinski definition) is 2. The van der Waals surface area contributed by atoms with E-state index in [0.717, 1.165) is 19.0 Å². The molecule has 1 aliphatic heterocycles. The SMILES string of the molecule is CCN=C(NC1C2CCOC2C12CCC2)N(C)CC(=O)NC(C)(C)C.I. The van der Waals surface area contributed by atoms with Crippen molar-refractivity contribution in [3.63, 3.8) is 0 Å². The summed E-state index contributed by atoms with van der Waals surface area (Å²) in [6.07, 6.45) is 5.38. The van der Waals surface area contributed by atoms with E-state index in [1.54, 1.807) is 0 Å². The molecule has 0 radical (unpaired) electrons. The molecule has 150 valence electrons. The average molecular weight is 478 g/mol. The number of halogens is 1. The molecule has 7 heteroatoms. The van der Waals surface area contributed by atoms with Crippen molar-refractivity contribution in [2.24, 2.45) is 16.3 Å². The van der Waals surface area contributed by atoms with Crippen LogP contribution in [0.15, 0.2) is 4.99 Å². The third kappa shape index (κ3) is 4.13. The number of hydrogen-bond acceptors (Lipinski definition) is 3. The fraction of sp³-hybridized carbons (Fsp3) is 0.895. The Kier molecular flexibility index (Phi) is 6.86. The maximum atomic E-state index is 12.3. The highest BCUT2D eigenvalue weighted by molar-refractivity contribution is 14.0. The van der Waals surface area contributed by atoms with Gasteiger partial charge in [0.25, 0.3) is 0 Å². The molecular weight excluding hydrogens is 443 g/mol. The normalized spacial score (nSPS) is 29.1. The molecule has 1 heterocycles. The molecule has 0 aromatic rings. The van der Waals surface area contributed by atoms with Gasteiger partial charge in [0, 0.05) is 43.1 Å². The Hall–Kier alpha value is -0.570. The molecule has 6 nitrogen and oxygen atoms in total. The molecule has 1 amide bonds. The standard InChI is InChI=1S/C19H34N4O2.HI/c1-6-20-17(23(5)12-14(24)22-18(2,3)4)21-15-13-8-11-25-16(13)19(15)9-7-10-19;/h13,15-16H,6-12H2,1-5H3,(H,20,21)(H,22,24);1H. The van der Waals surface area contributed by atoms with Crippen LogP contribution in [0.1, 0.15) is 53.4 Å². The van der Waals surface area contributed by atoms with E-state index >= 15 is 0 Å². The van der Waals surface area contributed by atoms with Crippen molar-refractivity contribution in [1.29, 1.82) is 0 Å². The van der Waals surface area contributed by atoms with Crippen molar-refractivity contribution >= 4 is 35.8 Å². The molecular formula is C19H35IN4O2. The molecule has 1 spiro atoms. The van der Waals surface area contributed by atoms with Crippen LogP contribution in [-0.4, -0.2) is 61.2 Å².